The molecule has 0 saturated heterocycles. The molecule has 0 rings (SSSR count). The van der Waals surface area contributed by atoms with Crippen molar-refractivity contribution in [1.29, 1.82) is 0 Å². The minimum absolute atomic E-state index is 0.0784. The third-order valence-corrected chi connectivity index (χ3v) is 11.6. The highest BCUT2D eigenvalue weighted by Gasteiger charge is 2.24. The van der Waals surface area contributed by atoms with Crippen LogP contribution in [0.3, 0.4) is 0 Å². The van der Waals surface area contributed by atoms with Crippen LogP contribution >= 0.6 is 0 Å². The van der Waals surface area contributed by atoms with Crippen LogP contribution in [0.4, 0.5) is 0 Å². The Morgan fingerprint density at radius 2 is 0.857 bits per heavy atom. The van der Waals surface area contributed by atoms with Crippen molar-refractivity contribution in [2.45, 2.75) is 289 Å². The van der Waals surface area contributed by atoms with Crippen LogP contribution in [0.15, 0.2) is 12.2 Å². The average Bonchev–Trinajstić information content (AvgIpc) is 3.19. The van der Waals surface area contributed by atoms with Crippen LogP contribution in [0.25, 0.3) is 0 Å². The standard InChI is InChI=1S/C50H97NO5/c1-4-7-10-13-16-19-22-24-27-29-32-35-38-41-46(56-50(55)43-40-37-34-31-28-25-23-20-17-14-11-8-5-2)44-49(54)51-47(45-52)48(53)42-39-36-33-30-26-21-18-15-12-9-6-3/h19,22,46-48,52-53H,4-18,20-21,23-45H2,1-3H3,(H,51,54)/b22-19-. The number of aliphatic hydroxyl groups excluding tert-OH is 2. The maximum Gasteiger partial charge on any atom is 0.306 e. The van der Waals surface area contributed by atoms with Crippen LogP contribution in [-0.2, 0) is 14.3 Å². The van der Waals surface area contributed by atoms with Gasteiger partial charge in [0, 0.05) is 6.42 Å². The minimum Gasteiger partial charge on any atom is -0.462 e. The Morgan fingerprint density at radius 1 is 0.500 bits per heavy atom. The van der Waals surface area contributed by atoms with Crippen molar-refractivity contribution in [1.82, 2.24) is 5.32 Å². The van der Waals surface area contributed by atoms with Crippen molar-refractivity contribution >= 4 is 11.9 Å². The second-order valence-electron chi connectivity index (χ2n) is 17.2. The van der Waals surface area contributed by atoms with Crippen LogP contribution in [0, 0.1) is 0 Å². The largest absolute Gasteiger partial charge is 0.462 e. The summed E-state index contributed by atoms with van der Waals surface area (Å²) in [6.07, 6.45) is 48.4. The molecule has 0 radical (unpaired) electrons. The monoisotopic (exact) mass is 792 g/mol. The second kappa shape index (κ2) is 44.7. The first-order valence-corrected chi connectivity index (χ1v) is 24.9. The van der Waals surface area contributed by atoms with Crippen molar-refractivity contribution in [3.8, 4) is 0 Å². The summed E-state index contributed by atoms with van der Waals surface area (Å²) in [4.78, 5) is 26.1. The second-order valence-corrected chi connectivity index (χ2v) is 17.2. The maximum absolute atomic E-state index is 13.2. The number of amides is 1. The Morgan fingerprint density at radius 3 is 1.29 bits per heavy atom. The van der Waals surface area contributed by atoms with E-state index >= 15 is 0 Å². The third-order valence-electron chi connectivity index (χ3n) is 11.6. The lowest BCUT2D eigenvalue weighted by Gasteiger charge is -2.24. The molecule has 3 atom stereocenters. The Kier molecular flexibility index (Phi) is 43.6. The van der Waals surface area contributed by atoms with Gasteiger partial charge in [-0.15, -0.1) is 0 Å². The van der Waals surface area contributed by atoms with Crippen molar-refractivity contribution in [3.63, 3.8) is 0 Å². The molecule has 332 valence electrons. The molecule has 56 heavy (non-hydrogen) atoms. The molecule has 1 amide bonds. The molecule has 0 spiro atoms. The SMILES string of the molecule is CCCCCC/C=C\CCCCCCCC(CC(=O)NC(CO)C(O)CCCCCCCCCCCCC)OC(=O)CCCCCCCCCCCCCCC. The maximum atomic E-state index is 13.2. The van der Waals surface area contributed by atoms with E-state index in [4.69, 9.17) is 4.74 Å². The Balaban J connectivity index is 4.56. The lowest BCUT2D eigenvalue weighted by Crippen LogP contribution is -2.46. The number of unbranched alkanes of at least 4 members (excludes halogenated alkanes) is 31. The van der Waals surface area contributed by atoms with Crippen LogP contribution in [0.5, 0.6) is 0 Å². The van der Waals surface area contributed by atoms with E-state index in [0.717, 1.165) is 57.8 Å². The van der Waals surface area contributed by atoms with Gasteiger partial charge >= 0.3 is 5.97 Å². The lowest BCUT2D eigenvalue weighted by atomic mass is 10.0. The topological polar surface area (TPSA) is 95.9 Å². The molecule has 0 heterocycles. The van der Waals surface area contributed by atoms with Gasteiger partial charge in [-0.1, -0.05) is 219 Å². The Hall–Kier alpha value is -1.40. The van der Waals surface area contributed by atoms with Gasteiger partial charge in [-0.2, -0.15) is 0 Å². The molecule has 3 unspecified atom stereocenters. The molecule has 0 aromatic heterocycles. The highest BCUT2D eigenvalue weighted by Crippen LogP contribution is 2.18. The first-order chi connectivity index (χ1) is 27.5. The molecule has 3 N–H and O–H groups in total. The highest BCUT2D eigenvalue weighted by molar-refractivity contribution is 5.77. The fourth-order valence-electron chi connectivity index (χ4n) is 7.78. The van der Waals surface area contributed by atoms with E-state index < -0.39 is 18.2 Å². The quantitative estimate of drug-likeness (QED) is 0.0324. The van der Waals surface area contributed by atoms with Gasteiger partial charge in [0.25, 0.3) is 0 Å². The molecule has 0 aliphatic rings. The van der Waals surface area contributed by atoms with E-state index in [0.29, 0.717) is 19.3 Å². The summed E-state index contributed by atoms with van der Waals surface area (Å²) in [5, 5.41) is 23.7. The average molecular weight is 792 g/mol. The van der Waals surface area contributed by atoms with Crippen LogP contribution in [0.2, 0.25) is 0 Å². The third kappa shape index (κ3) is 39.4. The van der Waals surface area contributed by atoms with Gasteiger partial charge in [0.2, 0.25) is 5.91 Å². The zero-order valence-corrected chi connectivity index (χ0v) is 37.8. The summed E-state index contributed by atoms with van der Waals surface area (Å²) < 4.78 is 5.92. The van der Waals surface area contributed by atoms with Crippen LogP contribution < -0.4 is 5.32 Å². The highest BCUT2D eigenvalue weighted by atomic mass is 16.5. The van der Waals surface area contributed by atoms with Gasteiger partial charge in [0.1, 0.15) is 6.10 Å². The number of esters is 1. The fraction of sp³-hybridized carbons (Fsp3) is 0.920. The summed E-state index contributed by atoms with van der Waals surface area (Å²) in [6.45, 7) is 6.47. The minimum atomic E-state index is -0.782. The zero-order chi connectivity index (χ0) is 41.0. The molecule has 0 aromatic rings. The molecule has 0 aliphatic heterocycles. The Bertz CT molecular complexity index is 847. The van der Waals surface area contributed by atoms with Crippen LogP contribution in [-0.4, -0.2) is 46.9 Å². The first kappa shape index (κ1) is 54.6. The van der Waals surface area contributed by atoms with Crippen molar-refractivity contribution in [2.24, 2.45) is 0 Å². The van der Waals surface area contributed by atoms with Gasteiger partial charge in [0.15, 0.2) is 0 Å². The predicted octanol–water partition coefficient (Wildman–Crippen LogP) is 14.6. The van der Waals surface area contributed by atoms with Crippen molar-refractivity contribution < 1.29 is 24.5 Å². The van der Waals surface area contributed by atoms with Gasteiger partial charge in [-0.25, -0.2) is 0 Å². The lowest BCUT2D eigenvalue weighted by molar-refractivity contribution is -0.151. The molecular weight excluding hydrogens is 695 g/mol. The van der Waals surface area contributed by atoms with Gasteiger partial charge < -0.3 is 20.3 Å². The molecule has 0 bridgehead atoms. The summed E-state index contributed by atoms with van der Waals surface area (Å²) in [7, 11) is 0. The van der Waals surface area contributed by atoms with Gasteiger partial charge in [-0.05, 0) is 51.4 Å². The van der Waals surface area contributed by atoms with E-state index in [1.54, 1.807) is 0 Å². The number of hydrogen-bond acceptors (Lipinski definition) is 5. The number of ether oxygens (including phenoxy) is 1. The number of aliphatic hydroxyl groups is 2. The molecule has 6 heteroatoms. The van der Waals surface area contributed by atoms with E-state index in [-0.39, 0.29) is 24.9 Å². The van der Waals surface area contributed by atoms with E-state index in [9.17, 15) is 19.8 Å². The molecular formula is C50H97NO5. The smallest absolute Gasteiger partial charge is 0.306 e. The Labute approximate surface area is 349 Å². The summed E-state index contributed by atoms with van der Waals surface area (Å²) >= 11 is 0. The molecule has 0 saturated carbocycles. The van der Waals surface area contributed by atoms with Crippen molar-refractivity contribution in [2.75, 3.05) is 6.61 Å². The number of carbonyl (C=O) groups is 2. The van der Waals surface area contributed by atoms with Gasteiger partial charge in [0.05, 0.1) is 25.2 Å². The normalized spacial score (nSPS) is 13.3. The number of carbonyl (C=O) groups excluding carboxylic acids is 2. The molecule has 0 aromatic carbocycles. The summed E-state index contributed by atoms with van der Waals surface area (Å²) in [5.41, 5.74) is 0. The number of allylic oxidation sites excluding steroid dienone is 2. The van der Waals surface area contributed by atoms with Gasteiger partial charge in [-0.3, -0.25) is 9.59 Å². The molecule has 6 nitrogen and oxygen atoms in total. The fourth-order valence-corrected chi connectivity index (χ4v) is 7.78. The van der Waals surface area contributed by atoms with E-state index in [2.05, 4.69) is 38.2 Å². The zero-order valence-electron chi connectivity index (χ0n) is 37.8. The van der Waals surface area contributed by atoms with Crippen molar-refractivity contribution in [3.05, 3.63) is 12.2 Å². The first-order valence-electron chi connectivity index (χ1n) is 24.9. The van der Waals surface area contributed by atoms with E-state index in [1.807, 2.05) is 0 Å². The summed E-state index contributed by atoms with van der Waals surface area (Å²) in [6, 6.07) is -0.696. The van der Waals surface area contributed by atoms with E-state index in [1.165, 1.54) is 167 Å². The van der Waals surface area contributed by atoms with Crippen LogP contribution in [0.1, 0.15) is 271 Å². The number of rotatable bonds is 45. The number of nitrogens with one attached hydrogen (secondary N) is 1. The molecule has 0 aliphatic carbocycles. The molecule has 0 fully saturated rings. The number of hydrogen-bond donors (Lipinski definition) is 3. The summed E-state index contributed by atoms with van der Waals surface area (Å²) in [5.74, 6) is -0.468. The predicted molar refractivity (Wildman–Crippen MR) is 241 cm³/mol.